The average molecular weight is 421 g/mol. The third-order valence-corrected chi connectivity index (χ3v) is 8.28. The van der Waals surface area contributed by atoms with Crippen LogP contribution in [0.1, 0.15) is 56.0 Å². The summed E-state index contributed by atoms with van der Waals surface area (Å²) in [6.45, 7) is 7.44. The van der Waals surface area contributed by atoms with Crippen LogP contribution in [-0.4, -0.2) is 55.9 Å². The highest BCUT2D eigenvalue weighted by atomic mass is 16.6. The van der Waals surface area contributed by atoms with Crippen LogP contribution in [0.5, 0.6) is 11.5 Å². The van der Waals surface area contributed by atoms with Crippen molar-refractivity contribution in [3.63, 3.8) is 0 Å². The van der Waals surface area contributed by atoms with Crippen molar-refractivity contribution in [1.82, 2.24) is 0 Å². The molecule has 1 aromatic carbocycles. The van der Waals surface area contributed by atoms with E-state index in [1.54, 1.807) is 6.92 Å². The number of carbonyl (C=O) groups excluding carboxylic acids is 1. The number of rotatable bonds is 3. The molecule has 0 bridgehead atoms. The first-order valence-electron chi connectivity index (χ1n) is 10.6. The van der Waals surface area contributed by atoms with Crippen molar-refractivity contribution in [3.8, 4) is 11.5 Å². The molecular formula is C23H32O7. The molecule has 7 heteroatoms. The van der Waals surface area contributed by atoms with Gasteiger partial charge in [-0.25, -0.2) is 4.79 Å². The summed E-state index contributed by atoms with van der Waals surface area (Å²) in [4.78, 5) is 12.8. The highest BCUT2D eigenvalue weighted by Gasteiger charge is 2.76. The molecule has 30 heavy (non-hydrogen) atoms. The molecule has 0 aliphatic heterocycles. The number of aliphatic hydroxyl groups is 3. The molecule has 7 nitrogen and oxygen atoms in total. The number of aliphatic hydroxyl groups excluding tert-OH is 2. The Balaban J connectivity index is 1.65. The number of hydrogen-bond donors (Lipinski definition) is 5. The summed E-state index contributed by atoms with van der Waals surface area (Å²) in [6.07, 6.45) is 0.313. The van der Waals surface area contributed by atoms with Crippen molar-refractivity contribution in [1.29, 1.82) is 0 Å². The quantitative estimate of drug-likeness (QED) is 0.474. The minimum atomic E-state index is -1.56. The van der Waals surface area contributed by atoms with Gasteiger partial charge in [-0.05, 0) is 55.1 Å². The Hall–Kier alpha value is -1.83. The fraction of sp³-hybridized carbons (Fsp3) is 0.696. The maximum absolute atomic E-state index is 12.8. The van der Waals surface area contributed by atoms with Crippen LogP contribution >= 0.6 is 0 Å². The fourth-order valence-electron chi connectivity index (χ4n) is 6.86. The lowest BCUT2D eigenvalue weighted by Gasteiger charge is -2.69. The maximum atomic E-state index is 12.8. The Kier molecular flexibility index (Phi) is 4.70. The summed E-state index contributed by atoms with van der Waals surface area (Å²) in [5, 5.41) is 52.6. The molecule has 0 spiro atoms. The fourth-order valence-corrected chi connectivity index (χ4v) is 6.86. The molecule has 0 radical (unpaired) electrons. The van der Waals surface area contributed by atoms with E-state index in [9.17, 15) is 30.3 Å². The van der Waals surface area contributed by atoms with Crippen LogP contribution in [0.2, 0.25) is 0 Å². The first kappa shape index (κ1) is 21.4. The molecule has 0 aromatic heterocycles. The van der Waals surface area contributed by atoms with E-state index < -0.39 is 47.5 Å². The largest absolute Gasteiger partial charge is 0.508 e. The van der Waals surface area contributed by atoms with E-state index in [1.165, 1.54) is 6.07 Å². The molecule has 3 saturated carbocycles. The molecule has 166 valence electrons. The van der Waals surface area contributed by atoms with E-state index in [0.29, 0.717) is 12.0 Å². The normalized spacial score (nSPS) is 41.5. The molecule has 0 unspecified atom stereocenters. The van der Waals surface area contributed by atoms with Crippen molar-refractivity contribution in [3.05, 3.63) is 23.3 Å². The maximum Gasteiger partial charge on any atom is 0.342 e. The number of fused-ring (bicyclic) bond motifs is 3. The van der Waals surface area contributed by atoms with E-state index in [4.69, 9.17) is 4.74 Å². The Bertz CT molecular complexity index is 857. The van der Waals surface area contributed by atoms with Gasteiger partial charge in [0, 0.05) is 17.4 Å². The zero-order valence-corrected chi connectivity index (χ0v) is 17.9. The summed E-state index contributed by atoms with van der Waals surface area (Å²) in [5.41, 5.74) is -1.83. The number of aromatic hydroxyl groups is 2. The Morgan fingerprint density at radius 2 is 1.83 bits per heavy atom. The molecule has 5 N–H and O–H groups in total. The number of hydrogen-bond acceptors (Lipinski definition) is 7. The van der Waals surface area contributed by atoms with Crippen molar-refractivity contribution < 1.29 is 35.1 Å². The Labute approximate surface area is 176 Å². The minimum absolute atomic E-state index is 0.0116. The van der Waals surface area contributed by atoms with Crippen molar-refractivity contribution >= 4 is 5.97 Å². The lowest BCUT2D eigenvalue weighted by Crippen LogP contribution is -2.79. The monoisotopic (exact) mass is 420 g/mol. The topological polar surface area (TPSA) is 127 Å². The van der Waals surface area contributed by atoms with Crippen LogP contribution in [0.4, 0.5) is 0 Å². The molecular weight excluding hydrogens is 388 g/mol. The van der Waals surface area contributed by atoms with E-state index in [2.05, 4.69) is 13.8 Å². The van der Waals surface area contributed by atoms with Crippen molar-refractivity contribution in [2.45, 2.75) is 64.8 Å². The van der Waals surface area contributed by atoms with Gasteiger partial charge in [-0.1, -0.05) is 20.8 Å². The van der Waals surface area contributed by atoms with Crippen LogP contribution < -0.4 is 0 Å². The highest BCUT2D eigenvalue weighted by Crippen LogP contribution is 2.70. The second-order valence-electron chi connectivity index (χ2n) is 10.6. The van der Waals surface area contributed by atoms with Gasteiger partial charge in [0.05, 0.1) is 12.7 Å². The summed E-state index contributed by atoms with van der Waals surface area (Å²) in [6, 6.07) is 2.41. The lowest BCUT2D eigenvalue weighted by atomic mass is 9.40. The number of esters is 1. The zero-order valence-electron chi connectivity index (χ0n) is 17.9. The van der Waals surface area contributed by atoms with E-state index in [-0.39, 0.29) is 28.6 Å². The lowest BCUT2D eigenvalue weighted by molar-refractivity contribution is -0.332. The van der Waals surface area contributed by atoms with Gasteiger partial charge < -0.3 is 30.3 Å². The zero-order chi connectivity index (χ0) is 22.2. The van der Waals surface area contributed by atoms with Gasteiger partial charge in [-0.2, -0.15) is 0 Å². The van der Waals surface area contributed by atoms with Crippen LogP contribution in [0.3, 0.4) is 0 Å². The average Bonchev–Trinajstić information content (AvgIpc) is 2.96. The second kappa shape index (κ2) is 6.58. The summed E-state index contributed by atoms with van der Waals surface area (Å²) >= 11 is 0. The smallest absolute Gasteiger partial charge is 0.342 e. The van der Waals surface area contributed by atoms with Crippen LogP contribution in [0.25, 0.3) is 0 Å². The molecule has 3 aliphatic carbocycles. The third-order valence-electron chi connectivity index (χ3n) is 8.28. The molecule has 3 fully saturated rings. The molecule has 0 heterocycles. The summed E-state index contributed by atoms with van der Waals surface area (Å²) in [7, 11) is 0. The number of carbonyl (C=O) groups is 1. The highest BCUT2D eigenvalue weighted by molar-refractivity contribution is 5.94. The van der Waals surface area contributed by atoms with E-state index in [1.807, 2.05) is 6.92 Å². The minimum Gasteiger partial charge on any atom is -0.508 e. The first-order valence-corrected chi connectivity index (χ1v) is 10.6. The summed E-state index contributed by atoms with van der Waals surface area (Å²) in [5.74, 6) is -2.13. The molecule has 7 atom stereocenters. The summed E-state index contributed by atoms with van der Waals surface area (Å²) < 4.78 is 5.64. The van der Waals surface area contributed by atoms with Crippen LogP contribution in [0, 0.1) is 35.5 Å². The van der Waals surface area contributed by atoms with Gasteiger partial charge in [-0.3, -0.25) is 0 Å². The Morgan fingerprint density at radius 3 is 2.43 bits per heavy atom. The van der Waals surface area contributed by atoms with E-state index >= 15 is 0 Å². The molecule has 3 aliphatic rings. The number of benzene rings is 1. The number of ether oxygens (including phenoxy) is 1. The van der Waals surface area contributed by atoms with Gasteiger partial charge in [0.2, 0.25) is 0 Å². The molecule has 4 rings (SSSR count). The van der Waals surface area contributed by atoms with Crippen molar-refractivity contribution in [2.24, 2.45) is 28.6 Å². The second-order valence-corrected chi connectivity index (χ2v) is 10.6. The predicted molar refractivity (Wildman–Crippen MR) is 108 cm³/mol. The van der Waals surface area contributed by atoms with Crippen molar-refractivity contribution in [2.75, 3.05) is 6.61 Å². The SMILES string of the molecule is Cc1cc(O)cc(O)c1C(=O)O[C@@H]1C[C@]2(C)[C@H]3CC(C)(C)C[C@H]3[C@H](O)[C@@H](CO)[C@]12O. The van der Waals surface area contributed by atoms with Gasteiger partial charge in [0.25, 0.3) is 0 Å². The third kappa shape index (κ3) is 2.71. The molecule has 0 saturated heterocycles. The van der Waals surface area contributed by atoms with Gasteiger partial charge >= 0.3 is 5.97 Å². The number of aryl methyl sites for hydroxylation is 1. The molecule has 0 amide bonds. The first-order chi connectivity index (χ1) is 13.9. The standard InChI is InChI=1S/C23H32O7/c1-11-5-12(25)6-16(26)18(11)20(28)30-17-9-22(4)14-8-21(2,3)7-13(14)19(27)15(10-24)23(17,22)29/h5-6,13-15,17,19,24-27,29H,7-10H2,1-4H3/t13-,14+,15-,17-,19+,22-,23+/m1/s1. The van der Waals surface area contributed by atoms with Gasteiger partial charge in [0.1, 0.15) is 28.8 Å². The molecule has 1 aromatic rings. The van der Waals surface area contributed by atoms with Gasteiger partial charge in [-0.15, -0.1) is 0 Å². The van der Waals surface area contributed by atoms with Crippen LogP contribution in [-0.2, 0) is 4.74 Å². The Morgan fingerprint density at radius 1 is 1.17 bits per heavy atom. The van der Waals surface area contributed by atoms with E-state index in [0.717, 1.165) is 18.9 Å². The van der Waals surface area contributed by atoms with Gasteiger partial charge in [0.15, 0.2) is 0 Å². The number of phenols is 2. The predicted octanol–water partition coefficient (Wildman–Crippen LogP) is 2.11. The number of phenolic OH excluding ortho intramolecular Hbond substituents is 2. The van der Waals surface area contributed by atoms with Crippen LogP contribution in [0.15, 0.2) is 12.1 Å².